The van der Waals surface area contributed by atoms with E-state index < -0.39 is 5.97 Å². The molecule has 1 saturated heterocycles. The fourth-order valence-corrected chi connectivity index (χ4v) is 2.95. The number of carboxylic acids is 1. The monoisotopic (exact) mass is 325 g/mol. The number of carbonyl (C=O) groups is 2. The Kier molecular flexibility index (Phi) is 4.46. The second kappa shape index (κ2) is 6.70. The Morgan fingerprint density at radius 1 is 1.08 bits per heavy atom. The van der Waals surface area contributed by atoms with Crippen LogP contribution in [0.4, 0.5) is 5.82 Å². The molecule has 0 unspecified atom stereocenters. The van der Waals surface area contributed by atoms with Gasteiger partial charge in [-0.1, -0.05) is 12.1 Å². The summed E-state index contributed by atoms with van der Waals surface area (Å²) in [6, 6.07) is 8.29. The Balaban J connectivity index is 1.87. The topological polar surface area (TPSA) is 96.5 Å². The van der Waals surface area contributed by atoms with E-state index >= 15 is 0 Å². The van der Waals surface area contributed by atoms with Crippen LogP contribution in [-0.2, 0) is 0 Å². The molecule has 0 radical (unpaired) electrons. The summed E-state index contributed by atoms with van der Waals surface area (Å²) in [5, 5.41) is 9.32. The number of benzene rings is 1. The molecule has 24 heavy (non-hydrogen) atoms. The van der Waals surface area contributed by atoms with E-state index in [1.807, 2.05) is 4.90 Å². The first kappa shape index (κ1) is 16.0. The molecule has 0 bridgehead atoms. The number of nitrogens with two attached hydrogens (primary N) is 1. The van der Waals surface area contributed by atoms with Crippen molar-refractivity contribution in [2.24, 2.45) is 0 Å². The lowest BCUT2D eigenvalue weighted by Crippen LogP contribution is -2.35. The average Bonchev–Trinajstić information content (AvgIpc) is 2.62. The van der Waals surface area contributed by atoms with Gasteiger partial charge in [-0.3, -0.25) is 4.79 Å². The number of amides is 1. The maximum atomic E-state index is 12.5. The van der Waals surface area contributed by atoms with E-state index in [0.29, 0.717) is 16.7 Å². The molecule has 1 aliphatic rings. The molecule has 0 aliphatic carbocycles. The zero-order valence-corrected chi connectivity index (χ0v) is 13.2. The lowest BCUT2D eigenvalue weighted by atomic mass is 10.00. The van der Waals surface area contributed by atoms with Crippen molar-refractivity contribution in [1.29, 1.82) is 0 Å². The summed E-state index contributed by atoms with van der Waals surface area (Å²) in [6.07, 6.45) is 4.71. The number of piperidine rings is 1. The Morgan fingerprint density at radius 2 is 1.75 bits per heavy atom. The van der Waals surface area contributed by atoms with E-state index in [9.17, 15) is 14.7 Å². The van der Waals surface area contributed by atoms with Gasteiger partial charge in [0.15, 0.2) is 0 Å². The minimum Gasteiger partial charge on any atom is -0.478 e. The van der Waals surface area contributed by atoms with Crippen LogP contribution in [0.2, 0.25) is 0 Å². The van der Waals surface area contributed by atoms with E-state index in [2.05, 4.69) is 4.98 Å². The standard InChI is InChI=1S/C18H19N3O3/c19-16-10-14(18(23)24)15(11-20-16)12-4-6-13(7-5-12)17(22)21-8-2-1-3-9-21/h4-7,10-11H,1-3,8-9H2,(H2,19,20)(H,23,24). The highest BCUT2D eigenvalue weighted by atomic mass is 16.4. The van der Waals surface area contributed by atoms with E-state index in [-0.39, 0.29) is 17.3 Å². The quantitative estimate of drug-likeness (QED) is 0.904. The first-order chi connectivity index (χ1) is 11.6. The van der Waals surface area contributed by atoms with Gasteiger partial charge in [0.25, 0.3) is 5.91 Å². The van der Waals surface area contributed by atoms with Crippen molar-refractivity contribution < 1.29 is 14.7 Å². The number of rotatable bonds is 3. The van der Waals surface area contributed by atoms with Crippen LogP contribution in [0.3, 0.4) is 0 Å². The lowest BCUT2D eigenvalue weighted by Gasteiger charge is -2.26. The van der Waals surface area contributed by atoms with Crippen LogP contribution in [0.1, 0.15) is 40.0 Å². The summed E-state index contributed by atoms with van der Waals surface area (Å²) >= 11 is 0. The van der Waals surface area contributed by atoms with Crippen LogP contribution in [0.5, 0.6) is 0 Å². The van der Waals surface area contributed by atoms with Gasteiger partial charge in [0.1, 0.15) is 5.82 Å². The number of aromatic carboxylic acids is 1. The molecule has 1 fully saturated rings. The highest BCUT2D eigenvalue weighted by Crippen LogP contribution is 2.25. The van der Waals surface area contributed by atoms with Crippen LogP contribution < -0.4 is 5.73 Å². The third-order valence-corrected chi connectivity index (χ3v) is 4.24. The minimum absolute atomic E-state index is 0.0233. The molecule has 6 heteroatoms. The van der Waals surface area contributed by atoms with Crippen molar-refractivity contribution in [3.05, 3.63) is 47.7 Å². The van der Waals surface area contributed by atoms with Gasteiger partial charge < -0.3 is 15.7 Å². The molecule has 1 amide bonds. The number of aromatic nitrogens is 1. The SMILES string of the molecule is Nc1cc(C(=O)O)c(-c2ccc(C(=O)N3CCCCC3)cc2)cn1. The fraction of sp³-hybridized carbons (Fsp3) is 0.278. The number of likely N-dealkylation sites (tertiary alicyclic amines) is 1. The molecule has 0 saturated carbocycles. The molecule has 3 rings (SSSR count). The molecule has 124 valence electrons. The molecule has 1 aromatic heterocycles. The van der Waals surface area contributed by atoms with Crippen LogP contribution in [0.15, 0.2) is 36.5 Å². The van der Waals surface area contributed by atoms with E-state index in [0.717, 1.165) is 25.9 Å². The highest BCUT2D eigenvalue weighted by Gasteiger charge is 2.19. The summed E-state index contributed by atoms with van der Waals surface area (Å²) in [5.41, 5.74) is 7.44. The number of pyridine rings is 1. The molecular weight excluding hydrogens is 306 g/mol. The van der Waals surface area contributed by atoms with Gasteiger partial charge in [0, 0.05) is 30.4 Å². The van der Waals surface area contributed by atoms with Gasteiger partial charge in [-0.05, 0) is 43.0 Å². The van der Waals surface area contributed by atoms with Gasteiger partial charge in [-0.25, -0.2) is 9.78 Å². The number of hydrogen-bond acceptors (Lipinski definition) is 4. The summed E-state index contributed by atoms with van der Waals surface area (Å²) in [4.78, 5) is 29.7. The van der Waals surface area contributed by atoms with Gasteiger partial charge in [-0.2, -0.15) is 0 Å². The Morgan fingerprint density at radius 3 is 2.38 bits per heavy atom. The van der Waals surface area contributed by atoms with Crippen LogP contribution >= 0.6 is 0 Å². The lowest BCUT2D eigenvalue weighted by molar-refractivity contribution is 0.0694. The van der Waals surface area contributed by atoms with Crippen molar-refractivity contribution in [3.8, 4) is 11.1 Å². The molecule has 6 nitrogen and oxygen atoms in total. The van der Waals surface area contributed by atoms with Crippen molar-refractivity contribution in [3.63, 3.8) is 0 Å². The van der Waals surface area contributed by atoms with E-state index in [4.69, 9.17) is 5.73 Å². The number of nitrogens with zero attached hydrogens (tertiary/aromatic N) is 2. The second-order valence-corrected chi connectivity index (χ2v) is 5.89. The first-order valence-corrected chi connectivity index (χ1v) is 7.95. The van der Waals surface area contributed by atoms with Gasteiger partial charge in [-0.15, -0.1) is 0 Å². The molecule has 1 aromatic carbocycles. The third kappa shape index (κ3) is 3.22. The summed E-state index contributed by atoms with van der Waals surface area (Å²) in [7, 11) is 0. The third-order valence-electron chi connectivity index (χ3n) is 4.24. The fourth-order valence-electron chi connectivity index (χ4n) is 2.95. The molecule has 1 aliphatic heterocycles. The predicted octanol–water partition coefficient (Wildman–Crippen LogP) is 2.66. The summed E-state index contributed by atoms with van der Waals surface area (Å²) in [5.74, 6) is -0.879. The van der Waals surface area contributed by atoms with Crippen LogP contribution in [0, 0.1) is 0 Å². The molecule has 3 N–H and O–H groups in total. The number of anilines is 1. The van der Waals surface area contributed by atoms with Crippen molar-refractivity contribution in [1.82, 2.24) is 9.88 Å². The normalized spacial score (nSPS) is 14.4. The average molecular weight is 325 g/mol. The van der Waals surface area contributed by atoms with Gasteiger partial charge in [0.05, 0.1) is 5.56 Å². The molecular formula is C18H19N3O3. The minimum atomic E-state index is -1.06. The Bertz CT molecular complexity index is 766. The number of nitrogen functional groups attached to an aromatic ring is 1. The Hall–Kier alpha value is -2.89. The van der Waals surface area contributed by atoms with Crippen LogP contribution in [0.25, 0.3) is 11.1 Å². The largest absolute Gasteiger partial charge is 0.478 e. The first-order valence-electron chi connectivity index (χ1n) is 7.95. The molecule has 2 aromatic rings. The molecule has 0 atom stereocenters. The second-order valence-electron chi connectivity index (χ2n) is 5.89. The zero-order chi connectivity index (χ0) is 17.1. The number of carboxylic acid groups (broad SMARTS) is 1. The molecule has 2 heterocycles. The molecule has 0 spiro atoms. The number of hydrogen-bond donors (Lipinski definition) is 2. The zero-order valence-electron chi connectivity index (χ0n) is 13.2. The van der Waals surface area contributed by atoms with Gasteiger partial charge in [0.2, 0.25) is 0 Å². The van der Waals surface area contributed by atoms with Crippen molar-refractivity contribution in [2.75, 3.05) is 18.8 Å². The summed E-state index contributed by atoms with van der Waals surface area (Å²) in [6.45, 7) is 1.59. The predicted molar refractivity (Wildman–Crippen MR) is 90.8 cm³/mol. The highest BCUT2D eigenvalue weighted by molar-refractivity contribution is 5.98. The maximum absolute atomic E-state index is 12.5. The smallest absolute Gasteiger partial charge is 0.336 e. The maximum Gasteiger partial charge on any atom is 0.336 e. The van der Waals surface area contributed by atoms with Gasteiger partial charge >= 0.3 is 5.97 Å². The number of carbonyl (C=O) groups excluding carboxylic acids is 1. The summed E-state index contributed by atoms with van der Waals surface area (Å²) < 4.78 is 0. The van der Waals surface area contributed by atoms with Crippen molar-refractivity contribution >= 4 is 17.7 Å². The van der Waals surface area contributed by atoms with Crippen LogP contribution in [-0.4, -0.2) is 40.0 Å². The Labute approximate surface area is 139 Å². The van der Waals surface area contributed by atoms with Crippen molar-refractivity contribution in [2.45, 2.75) is 19.3 Å². The van der Waals surface area contributed by atoms with E-state index in [1.54, 1.807) is 24.3 Å². The van der Waals surface area contributed by atoms with E-state index in [1.165, 1.54) is 18.7 Å².